The Balaban J connectivity index is 1.05. The summed E-state index contributed by atoms with van der Waals surface area (Å²) in [5, 5.41) is 34.1. The molecule has 12 nitrogen and oxygen atoms in total. The lowest BCUT2D eigenvalue weighted by Gasteiger charge is -2.30. The van der Waals surface area contributed by atoms with Crippen LogP contribution in [0.5, 0.6) is 0 Å². The van der Waals surface area contributed by atoms with E-state index in [4.69, 9.17) is 26.0 Å². The summed E-state index contributed by atoms with van der Waals surface area (Å²) >= 11 is 7.08. The fourth-order valence-corrected chi connectivity index (χ4v) is 7.72. The Hall–Kier alpha value is -5.45. The van der Waals surface area contributed by atoms with Crippen molar-refractivity contribution >= 4 is 51.1 Å². The van der Waals surface area contributed by atoms with Crippen LogP contribution in [-0.4, -0.2) is 78.2 Å². The number of benzene rings is 2. The number of anilines is 2. The highest BCUT2D eigenvalue weighted by molar-refractivity contribution is 6.35. The second-order valence-electron chi connectivity index (χ2n) is 13.9. The molecule has 6 aromatic rings. The molecule has 0 amide bonds. The number of aliphatic hydroxyl groups is 1. The molecule has 0 saturated carbocycles. The number of β-amino-alcohol motifs (C(OH)–C–C–N with tert-alkyl or cyclic N) is 1. The van der Waals surface area contributed by atoms with E-state index in [2.05, 4.69) is 37.2 Å². The van der Waals surface area contributed by atoms with Crippen LogP contribution in [0.25, 0.3) is 44.7 Å². The van der Waals surface area contributed by atoms with Crippen molar-refractivity contribution in [2.24, 2.45) is 5.92 Å². The number of likely N-dealkylation sites (tertiary alicyclic amines) is 2. The number of carboxylic acids is 1. The number of rotatable bonds is 9. The lowest BCUT2D eigenvalue weighted by Crippen LogP contribution is -2.35. The Kier molecular flexibility index (Phi) is 9.49. The molecule has 268 valence electrons. The fourth-order valence-electron chi connectivity index (χ4n) is 7.43. The second-order valence-corrected chi connectivity index (χ2v) is 14.3. The van der Waals surface area contributed by atoms with Crippen LogP contribution in [0, 0.1) is 24.2 Å². The fraction of sp³-hybridized carbons (Fsp3) is 0.300. The summed E-state index contributed by atoms with van der Waals surface area (Å²) in [7, 11) is 0. The number of pyridine rings is 3. The van der Waals surface area contributed by atoms with Gasteiger partial charge in [-0.1, -0.05) is 23.7 Å². The van der Waals surface area contributed by atoms with Gasteiger partial charge in [-0.3, -0.25) is 24.6 Å². The van der Waals surface area contributed by atoms with E-state index in [-0.39, 0.29) is 17.9 Å². The minimum absolute atomic E-state index is 0.266. The van der Waals surface area contributed by atoms with Gasteiger partial charge in [0, 0.05) is 61.4 Å². The zero-order valence-electron chi connectivity index (χ0n) is 29.1. The van der Waals surface area contributed by atoms with Crippen molar-refractivity contribution in [2.75, 3.05) is 31.5 Å². The van der Waals surface area contributed by atoms with Crippen molar-refractivity contribution in [1.82, 2.24) is 29.7 Å². The first-order chi connectivity index (χ1) is 25.7. The third-order valence-corrected chi connectivity index (χ3v) is 10.7. The summed E-state index contributed by atoms with van der Waals surface area (Å²) < 4.78 is 6.19. The average molecular weight is 729 g/mol. The van der Waals surface area contributed by atoms with Crippen LogP contribution in [0.1, 0.15) is 41.5 Å². The first kappa shape index (κ1) is 34.6. The smallest absolute Gasteiger partial charge is 0.306 e. The molecule has 2 aliphatic heterocycles. The molecular weight excluding hydrogens is 692 g/mol. The summed E-state index contributed by atoms with van der Waals surface area (Å²) in [4.78, 5) is 34.6. The molecule has 2 aliphatic rings. The zero-order chi connectivity index (χ0) is 36.6. The largest absolute Gasteiger partial charge is 0.481 e. The molecule has 0 spiro atoms. The number of aliphatic hydroxyl groups excluding tert-OH is 1. The van der Waals surface area contributed by atoms with Crippen LogP contribution in [0.4, 0.5) is 11.5 Å². The first-order valence-corrected chi connectivity index (χ1v) is 18.1. The topological polar surface area (TPSA) is 165 Å². The molecule has 0 aliphatic carbocycles. The van der Waals surface area contributed by atoms with Gasteiger partial charge >= 0.3 is 5.97 Å². The maximum atomic E-state index is 11.4. The van der Waals surface area contributed by atoms with Crippen molar-refractivity contribution < 1.29 is 19.4 Å². The molecule has 8 rings (SSSR count). The Morgan fingerprint density at radius 1 is 1.00 bits per heavy atom. The minimum atomic E-state index is -0.744. The molecule has 4 aromatic heterocycles. The van der Waals surface area contributed by atoms with Crippen molar-refractivity contribution in [1.29, 1.82) is 5.26 Å². The molecule has 13 heteroatoms. The van der Waals surface area contributed by atoms with Gasteiger partial charge in [0.15, 0.2) is 11.4 Å². The summed E-state index contributed by atoms with van der Waals surface area (Å²) in [5.74, 6) is -0.147. The number of carbonyl (C=O) groups is 1. The number of nitrogens with one attached hydrogen (secondary N) is 1. The molecular formula is C40H37ClN8O4. The Morgan fingerprint density at radius 3 is 2.57 bits per heavy atom. The number of hydrogen-bond acceptors (Lipinski definition) is 11. The Labute approximate surface area is 310 Å². The number of carboxylic acid groups (broad SMARTS) is 1. The van der Waals surface area contributed by atoms with Gasteiger partial charge in [-0.15, -0.1) is 0 Å². The van der Waals surface area contributed by atoms with E-state index >= 15 is 0 Å². The number of piperidine rings is 1. The van der Waals surface area contributed by atoms with Crippen molar-refractivity contribution in [3.63, 3.8) is 0 Å². The number of oxazole rings is 1. The number of aromatic nitrogens is 4. The predicted octanol–water partition coefficient (Wildman–Crippen LogP) is 6.94. The van der Waals surface area contributed by atoms with E-state index in [1.165, 1.54) is 0 Å². The molecule has 2 aromatic carbocycles. The number of nitrogens with zero attached hydrogens (tertiary/aromatic N) is 7. The van der Waals surface area contributed by atoms with Gasteiger partial charge < -0.3 is 19.9 Å². The molecule has 2 fully saturated rings. The molecule has 0 unspecified atom stereocenters. The minimum Gasteiger partial charge on any atom is -0.481 e. The molecule has 2 saturated heterocycles. The average Bonchev–Trinajstić information content (AvgIpc) is 3.78. The van der Waals surface area contributed by atoms with Crippen LogP contribution in [-0.2, 0) is 17.9 Å². The maximum absolute atomic E-state index is 11.4. The summed E-state index contributed by atoms with van der Waals surface area (Å²) in [6.45, 7) is 6.21. The first-order valence-electron chi connectivity index (χ1n) is 17.7. The van der Waals surface area contributed by atoms with E-state index < -0.39 is 5.97 Å². The van der Waals surface area contributed by atoms with Crippen LogP contribution in [0.15, 0.2) is 71.5 Å². The summed E-state index contributed by atoms with van der Waals surface area (Å²) in [6, 6.07) is 17.7. The number of aliphatic carboxylic acids is 1. The molecule has 0 bridgehead atoms. The van der Waals surface area contributed by atoms with Gasteiger partial charge in [-0.2, -0.15) is 5.26 Å². The maximum Gasteiger partial charge on any atom is 0.306 e. The lowest BCUT2D eigenvalue weighted by molar-refractivity contribution is -0.143. The standard InChI is InChI=1S/C40H37ClN8O4/c1-23-30(3-2-4-32(23)46-38-35-27(5-10-44-38)16-25(19-45-35)21-49-14-9-29(50)22-49)36-34(41)31(6-11-43-36)39-47-33-17-24(15-28(18-42)37(33)53-39)20-48-12-7-26(8-13-48)40(51)52/h2-6,10-11,15-17,19,26,29,50H,7-9,12-14,20-22H2,1H3,(H,44,46)(H,51,52)/t29-/m1/s1. The molecule has 1 atom stereocenters. The highest BCUT2D eigenvalue weighted by Crippen LogP contribution is 2.39. The van der Waals surface area contributed by atoms with Crippen LogP contribution < -0.4 is 5.32 Å². The monoisotopic (exact) mass is 728 g/mol. The number of nitriles is 1. The van der Waals surface area contributed by atoms with E-state index in [0.29, 0.717) is 77.8 Å². The summed E-state index contributed by atoms with van der Waals surface area (Å²) in [5.41, 5.74) is 7.68. The van der Waals surface area contributed by atoms with Crippen molar-refractivity contribution in [2.45, 2.75) is 45.4 Å². The highest BCUT2D eigenvalue weighted by Gasteiger charge is 2.26. The van der Waals surface area contributed by atoms with Gasteiger partial charge in [0.05, 0.1) is 33.9 Å². The zero-order valence-corrected chi connectivity index (χ0v) is 29.8. The Morgan fingerprint density at radius 2 is 1.79 bits per heavy atom. The normalized spacial score (nSPS) is 17.1. The van der Waals surface area contributed by atoms with Crippen LogP contribution in [0.3, 0.4) is 0 Å². The number of halogens is 1. The molecule has 6 heterocycles. The molecule has 3 N–H and O–H groups in total. The quantitative estimate of drug-likeness (QED) is 0.141. The van der Waals surface area contributed by atoms with E-state index in [1.807, 2.05) is 49.5 Å². The highest BCUT2D eigenvalue weighted by atomic mass is 35.5. The van der Waals surface area contributed by atoms with Crippen molar-refractivity contribution in [3.8, 4) is 28.8 Å². The van der Waals surface area contributed by atoms with Gasteiger partial charge in [0.1, 0.15) is 17.1 Å². The summed E-state index contributed by atoms with van der Waals surface area (Å²) in [6.07, 6.45) is 7.03. The van der Waals surface area contributed by atoms with Crippen LogP contribution in [0.2, 0.25) is 5.02 Å². The molecule has 0 radical (unpaired) electrons. The van der Waals surface area contributed by atoms with Gasteiger partial charge in [0.25, 0.3) is 0 Å². The van der Waals surface area contributed by atoms with Crippen LogP contribution >= 0.6 is 11.6 Å². The predicted molar refractivity (Wildman–Crippen MR) is 201 cm³/mol. The third kappa shape index (κ3) is 7.04. The number of hydrogen-bond donors (Lipinski definition) is 3. The second kappa shape index (κ2) is 14.5. The van der Waals surface area contributed by atoms with E-state index in [9.17, 15) is 20.3 Å². The Bertz CT molecular complexity index is 2400. The number of fused-ring (bicyclic) bond motifs is 2. The van der Waals surface area contributed by atoms with Gasteiger partial charge in [-0.25, -0.2) is 9.97 Å². The van der Waals surface area contributed by atoms with Crippen molar-refractivity contribution in [3.05, 3.63) is 94.4 Å². The van der Waals surface area contributed by atoms with E-state index in [1.54, 1.807) is 18.5 Å². The lowest BCUT2D eigenvalue weighted by atomic mass is 9.96. The van der Waals surface area contributed by atoms with Gasteiger partial charge in [-0.05, 0) is 92.4 Å². The molecule has 53 heavy (non-hydrogen) atoms. The van der Waals surface area contributed by atoms with Gasteiger partial charge in [0.2, 0.25) is 5.89 Å². The SMILES string of the molecule is Cc1c(Nc2nccc3cc(CN4CC[C@@H](O)C4)cnc23)cccc1-c1nccc(-c2nc3cc(CN4CCC(C(=O)O)CC4)cc(C#N)c3o2)c1Cl. The van der Waals surface area contributed by atoms with E-state index in [0.717, 1.165) is 58.4 Å². The third-order valence-electron chi connectivity index (χ3n) is 10.3.